The largest absolute Gasteiger partial charge is 0.573 e. The molecular weight excluding hydrogens is 363 g/mol. The lowest BCUT2D eigenvalue weighted by molar-refractivity contribution is -0.274. The predicted octanol–water partition coefficient (Wildman–Crippen LogP) is 3.84. The Morgan fingerprint density at radius 2 is 1.67 bits per heavy atom. The summed E-state index contributed by atoms with van der Waals surface area (Å²) in [5, 5.41) is 2.69. The quantitative estimate of drug-likeness (QED) is 0.741. The third-order valence-electron chi connectivity index (χ3n) is 3.44. The molecular formula is C19H18F3NO4. The highest BCUT2D eigenvalue weighted by Gasteiger charge is 2.30. The van der Waals surface area contributed by atoms with E-state index in [0.717, 1.165) is 12.1 Å². The van der Waals surface area contributed by atoms with Gasteiger partial charge >= 0.3 is 12.3 Å². The van der Waals surface area contributed by atoms with Crippen LogP contribution in [0.3, 0.4) is 0 Å². The number of hydrogen-bond acceptors (Lipinski definition) is 4. The van der Waals surface area contributed by atoms with Crippen molar-refractivity contribution in [3.63, 3.8) is 0 Å². The van der Waals surface area contributed by atoms with Gasteiger partial charge in [-0.3, -0.25) is 9.59 Å². The summed E-state index contributed by atoms with van der Waals surface area (Å²) in [7, 11) is 0. The first-order valence-corrected chi connectivity index (χ1v) is 8.09. The highest BCUT2D eigenvalue weighted by atomic mass is 19.4. The molecule has 2 rings (SSSR count). The van der Waals surface area contributed by atoms with Crippen LogP contribution in [0.1, 0.15) is 29.3 Å². The van der Waals surface area contributed by atoms with Crippen molar-refractivity contribution in [2.24, 2.45) is 0 Å². The van der Waals surface area contributed by atoms with Crippen molar-refractivity contribution in [1.82, 2.24) is 5.32 Å². The molecule has 144 valence electrons. The Kier molecular flexibility index (Phi) is 6.81. The van der Waals surface area contributed by atoms with E-state index in [4.69, 9.17) is 4.74 Å². The maximum Gasteiger partial charge on any atom is 0.573 e. The normalized spacial score (nSPS) is 12.1. The summed E-state index contributed by atoms with van der Waals surface area (Å²) in [6.07, 6.45) is -4.79. The maximum absolute atomic E-state index is 12.1. The minimum Gasteiger partial charge on any atom is -0.461 e. The minimum absolute atomic E-state index is 0.0339. The van der Waals surface area contributed by atoms with Crippen molar-refractivity contribution in [1.29, 1.82) is 0 Å². The zero-order valence-corrected chi connectivity index (χ0v) is 14.5. The second kappa shape index (κ2) is 9.07. The molecule has 0 heterocycles. The van der Waals surface area contributed by atoms with E-state index in [9.17, 15) is 22.8 Å². The third-order valence-corrected chi connectivity index (χ3v) is 3.44. The number of carbonyl (C=O) groups is 2. The number of carbonyl (C=O) groups excluding carboxylic acids is 2. The van der Waals surface area contributed by atoms with Crippen molar-refractivity contribution >= 4 is 11.9 Å². The summed E-state index contributed by atoms with van der Waals surface area (Å²) < 4.78 is 45.1. The van der Waals surface area contributed by atoms with Crippen LogP contribution in [0.25, 0.3) is 0 Å². The topological polar surface area (TPSA) is 64.6 Å². The van der Waals surface area contributed by atoms with Gasteiger partial charge in [-0.2, -0.15) is 0 Å². The Hall–Kier alpha value is -3.03. The Labute approximate surface area is 154 Å². The molecule has 8 heteroatoms. The molecule has 0 saturated heterocycles. The maximum atomic E-state index is 12.1. The number of rotatable bonds is 7. The van der Waals surface area contributed by atoms with E-state index in [1.807, 2.05) is 0 Å². The fourth-order valence-electron chi connectivity index (χ4n) is 2.21. The van der Waals surface area contributed by atoms with E-state index >= 15 is 0 Å². The molecule has 0 aromatic heterocycles. The molecule has 0 fully saturated rings. The highest BCUT2D eigenvalue weighted by molar-refractivity contribution is 5.94. The molecule has 0 spiro atoms. The molecule has 0 aliphatic rings. The van der Waals surface area contributed by atoms with Gasteiger partial charge < -0.3 is 14.8 Å². The second-order valence-electron chi connectivity index (χ2n) is 5.80. The zero-order chi connectivity index (χ0) is 19.9. The average molecular weight is 381 g/mol. The van der Waals surface area contributed by atoms with Gasteiger partial charge in [0.1, 0.15) is 12.4 Å². The van der Waals surface area contributed by atoms with Crippen molar-refractivity contribution in [3.8, 4) is 5.75 Å². The number of esters is 1. The van der Waals surface area contributed by atoms with Crippen molar-refractivity contribution in [2.75, 3.05) is 0 Å². The number of hydrogen-bond donors (Lipinski definition) is 1. The Morgan fingerprint density at radius 1 is 1.04 bits per heavy atom. The van der Waals surface area contributed by atoms with Gasteiger partial charge in [0.15, 0.2) is 0 Å². The van der Waals surface area contributed by atoms with Gasteiger partial charge in [0, 0.05) is 11.6 Å². The third kappa shape index (κ3) is 7.39. The molecule has 2 aromatic carbocycles. The lowest BCUT2D eigenvalue weighted by Crippen LogP contribution is -2.34. The van der Waals surface area contributed by atoms with Gasteiger partial charge in [0.05, 0.1) is 6.42 Å². The molecule has 27 heavy (non-hydrogen) atoms. The van der Waals surface area contributed by atoms with Crippen LogP contribution in [0.4, 0.5) is 13.2 Å². The van der Waals surface area contributed by atoms with Gasteiger partial charge in [-0.1, -0.05) is 30.3 Å². The number of ether oxygens (including phenoxy) is 2. The van der Waals surface area contributed by atoms with E-state index in [0.29, 0.717) is 11.1 Å². The molecule has 1 amide bonds. The first kappa shape index (κ1) is 20.3. The average Bonchev–Trinajstić information content (AvgIpc) is 2.60. The Bertz CT molecular complexity index is 761. The van der Waals surface area contributed by atoms with Crippen LogP contribution in [-0.2, 0) is 16.1 Å². The van der Waals surface area contributed by atoms with Gasteiger partial charge in [0.25, 0.3) is 5.91 Å². The van der Waals surface area contributed by atoms with Crippen LogP contribution >= 0.6 is 0 Å². The van der Waals surface area contributed by atoms with E-state index in [1.54, 1.807) is 37.3 Å². The van der Waals surface area contributed by atoms with Crippen molar-refractivity contribution in [2.45, 2.75) is 32.4 Å². The molecule has 2 aromatic rings. The van der Waals surface area contributed by atoms with Crippen LogP contribution in [0.5, 0.6) is 5.75 Å². The van der Waals surface area contributed by atoms with Crippen LogP contribution in [-0.4, -0.2) is 24.3 Å². The van der Waals surface area contributed by atoms with Gasteiger partial charge in [-0.25, -0.2) is 0 Å². The van der Waals surface area contributed by atoms with E-state index in [2.05, 4.69) is 10.1 Å². The number of nitrogens with one attached hydrogen (secondary N) is 1. The van der Waals surface area contributed by atoms with Crippen molar-refractivity contribution < 1.29 is 32.2 Å². The van der Waals surface area contributed by atoms with Gasteiger partial charge in [-0.15, -0.1) is 13.2 Å². The second-order valence-corrected chi connectivity index (χ2v) is 5.80. The molecule has 0 aliphatic heterocycles. The van der Waals surface area contributed by atoms with E-state index in [1.165, 1.54) is 12.1 Å². The molecule has 5 nitrogen and oxygen atoms in total. The Balaban J connectivity index is 1.76. The first-order valence-electron chi connectivity index (χ1n) is 8.09. The molecule has 1 unspecified atom stereocenters. The molecule has 0 aliphatic carbocycles. The molecule has 0 radical (unpaired) electrons. The Morgan fingerprint density at radius 3 is 2.26 bits per heavy atom. The number of amides is 1. The predicted molar refractivity (Wildman–Crippen MR) is 90.9 cm³/mol. The summed E-state index contributed by atoms with van der Waals surface area (Å²) >= 11 is 0. The first-order chi connectivity index (χ1) is 12.7. The standard InChI is InChI=1S/C19H18F3NO4/c1-13(23-18(25)15-5-3-2-4-6-15)11-17(24)26-12-14-7-9-16(10-8-14)27-19(20,21)22/h2-10,13H,11-12H2,1H3,(H,23,25). The number of halogens is 3. The number of alkyl halides is 3. The summed E-state index contributed by atoms with van der Waals surface area (Å²) in [5.41, 5.74) is 0.998. The fraction of sp³-hybridized carbons (Fsp3) is 0.263. The van der Waals surface area contributed by atoms with Crippen LogP contribution in [0.2, 0.25) is 0 Å². The highest BCUT2D eigenvalue weighted by Crippen LogP contribution is 2.22. The van der Waals surface area contributed by atoms with Crippen LogP contribution < -0.4 is 10.1 Å². The summed E-state index contributed by atoms with van der Waals surface area (Å²) in [5.74, 6) is -1.18. The minimum atomic E-state index is -4.76. The van der Waals surface area contributed by atoms with Gasteiger partial charge in [-0.05, 0) is 36.8 Å². The summed E-state index contributed by atoms with van der Waals surface area (Å²) in [4.78, 5) is 23.8. The van der Waals surface area contributed by atoms with E-state index in [-0.39, 0.29) is 24.7 Å². The summed E-state index contributed by atoms with van der Waals surface area (Å²) in [6, 6.07) is 13.2. The monoisotopic (exact) mass is 381 g/mol. The molecule has 1 atom stereocenters. The van der Waals surface area contributed by atoms with Crippen LogP contribution in [0, 0.1) is 0 Å². The lowest BCUT2D eigenvalue weighted by Gasteiger charge is -2.14. The van der Waals surface area contributed by atoms with E-state index < -0.39 is 18.4 Å². The number of benzene rings is 2. The summed E-state index contributed by atoms with van der Waals surface area (Å²) in [6.45, 7) is 1.58. The van der Waals surface area contributed by atoms with Gasteiger partial charge in [0.2, 0.25) is 0 Å². The molecule has 0 saturated carbocycles. The zero-order valence-electron chi connectivity index (χ0n) is 14.5. The lowest BCUT2D eigenvalue weighted by atomic mass is 10.2. The van der Waals surface area contributed by atoms with Crippen molar-refractivity contribution in [3.05, 3.63) is 65.7 Å². The molecule has 0 bridgehead atoms. The smallest absolute Gasteiger partial charge is 0.461 e. The molecule has 1 N–H and O–H groups in total. The van der Waals surface area contributed by atoms with Crippen LogP contribution in [0.15, 0.2) is 54.6 Å². The SMILES string of the molecule is CC(CC(=O)OCc1ccc(OC(F)(F)F)cc1)NC(=O)c1ccccc1. The fourth-order valence-corrected chi connectivity index (χ4v) is 2.21.